The van der Waals surface area contributed by atoms with Crippen molar-refractivity contribution in [3.8, 4) is 0 Å². The van der Waals surface area contributed by atoms with E-state index in [2.05, 4.69) is 17.6 Å². The number of piperidine rings is 1. The molecule has 2 aliphatic rings. The lowest BCUT2D eigenvalue weighted by molar-refractivity contribution is -0.119. The van der Waals surface area contributed by atoms with E-state index in [1.165, 1.54) is 29.8 Å². The second kappa shape index (κ2) is 9.26. The van der Waals surface area contributed by atoms with E-state index in [0.717, 1.165) is 19.3 Å². The number of nitrogens with zero attached hydrogens (tertiary/aromatic N) is 1. The molecule has 8 heteroatoms. The molecular formula is C21H31N3O4S. The van der Waals surface area contributed by atoms with Crippen LogP contribution in [0.4, 0.5) is 0 Å². The zero-order valence-electron chi connectivity index (χ0n) is 17.2. The first-order chi connectivity index (χ1) is 13.8. The zero-order valence-corrected chi connectivity index (χ0v) is 18.0. The van der Waals surface area contributed by atoms with Crippen LogP contribution in [0.2, 0.25) is 0 Å². The van der Waals surface area contributed by atoms with E-state index in [-0.39, 0.29) is 28.8 Å². The molecule has 0 radical (unpaired) electrons. The van der Waals surface area contributed by atoms with Crippen LogP contribution in [0.5, 0.6) is 0 Å². The monoisotopic (exact) mass is 421 g/mol. The topological polar surface area (TPSA) is 95.6 Å². The molecule has 2 fully saturated rings. The van der Waals surface area contributed by atoms with E-state index >= 15 is 0 Å². The Bertz CT molecular complexity index is 830. The largest absolute Gasteiger partial charge is 0.354 e. The van der Waals surface area contributed by atoms with Crippen LogP contribution in [-0.2, 0) is 14.8 Å². The third kappa shape index (κ3) is 5.36. The maximum atomic E-state index is 12.9. The van der Waals surface area contributed by atoms with E-state index in [0.29, 0.717) is 37.4 Å². The number of nitrogens with one attached hydrogen (secondary N) is 2. The first-order valence-electron chi connectivity index (χ1n) is 10.5. The normalized spacial score (nSPS) is 24.1. The fraction of sp³-hybridized carbons (Fsp3) is 0.619. The number of carbonyl (C=O) groups excluding carboxylic acids is 2. The summed E-state index contributed by atoms with van der Waals surface area (Å²) in [6, 6.07) is 6.39. The van der Waals surface area contributed by atoms with Gasteiger partial charge in [0.25, 0.3) is 5.91 Å². The van der Waals surface area contributed by atoms with Gasteiger partial charge in [0.2, 0.25) is 15.9 Å². The average Bonchev–Trinajstić information content (AvgIpc) is 2.70. The van der Waals surface area contributed by atoms with E-state index in [1.807, 2.05) is 0 Å². The fourth-order valence-electron chi connectivity index (χ4n) is 4.24. The highest BCUT2D eigenvalue weighted by molar-refractivity contribution is 7.89. The molecule has 1 aromatic carbocycles. The predicted octanol–water partition coefficient (Wildman–Crippen LogP) is 2.28. The first kappa shape index (κ1) is 21.8. The van der Waals surface area contributed by atoms with Gasteiger partial charge in [-0.15, -0.1) is 0 Å². The third-order valence-corrected chi connectivity index (χ3v) is 7.96. The van der Waals surface area contributed by atoms with Gasteiger partial charge in [0, 0.05) is 37.7 Å². The molecule has 1 aliphatic carbocycles. The maximum Gasteiger partial charge on any atom is 0.251 e. The standard InChI is InChI=1S/C21H31N3O4S/c1-15-5-3-4-6-20(15)23-21(26)17-7-9-19(10-8-17)29(27,28)24-13-11-18(12-14-24)22-16(2)25/h7-10,15,18,20H,3-6,11-14H2,1-2H3,(H,22,25)(H,23,26)/t15-,20+/m1/s1. The molecule has 2 atom stereocenters. The van der Waals surface area contributed by atoms with Crippen molar-refractivity contribution in [2.75, 3.05) is 13.1 Å². The van der Waals surface area contributed by atoms with Gasteiger partial charge in [-0.3, -0.25) is 9.59 Å². The minimum Gasteiger partial charge on any atom is -0.354 e. The highest BCUT2D eigenvalue weighted by Gasteiger charge is 2.30. The van der Waals surface area contributed by atoms with E-state index in [4.69, 9.17) is 0 Å². The van der Waals surface area contributed by atoms with Gasteiger partial charge in [-0.05, 0) is 55.9 Å². The smallest absolute Gasteiger partial charge is 0.251 e. The summed E-state index contributed by atoms with van der Waals surface area (Å²) in [5.74, 6) is 0.222. The van der Waals surface area contributed by atoms with Crippen LogP contribution in [0.25, 0.3) is 0 Å². The number of amides is 2. The Hall–Kier alpha value is -1.93. The van der Waals surface area contributed by atoms with Gasteiger partial charge < -0.3 is 10.6 Å². The number of rotatable bonds is 5. The number of benzene rings is 1. The molecule has 1 aliphatic heterocycles. The minimum atomic E-state index is -3.60. The van der Waals surface area contributed by atoms with Crippen LogP contribution >= 0.6 is 0 Å². The Labute approximate surface area is 173 Å². The summed E-state index contributed by atoms with van der Waals surface area (Å²) in [6.07, 6.45) is 5.65. The predicted molar refractivity (Wildman–Crippen MR) is 111 cm³/mol. The van der Waals surface area contributed by atoms with Gasteiger partial charge in [-0.1, -0.05) is 19.8 Å². The van der Waals surface area contributed by atoms with Crippen LogP contribution in [0, 0.1) is 5.92 Å². The lowest BCUT2D eigenvalue weighted by Gasteiger charge is -2.31. The van der Waals surface area contributed by atoms with Crippen LogP contribution in [-0.4, -0.2) is 49.7 Å². The van der Waals surface area contributed by atoms with E-state index in [1.54, 1.807) is 12.1 Å². The van der Waals surface area contributed by atoms with Gasteiger partial charge in [-0.25, -0.2) is 8.42 Å². The molecule has 1 saturated heterocycles. The Kier molecular flexibility index (Phi) is 6.95. The number of hydrogen-bond donors (Lipinski definition) is 2. The van der Waals surface area contributed by atoms with Gasteiger partial charge in [0.05, 0.1) is 4.90 Å². The molecule has 1 saturated carbocycles. The number of carbonyl (C=O) groups is 2. The maximum absolute atomic E-state index is 12.9. The Morgan fingerprint density at radius 3 is 2.17 bits per heavy atom. The molecule has 1 heterocycles. The number of sulfonamides is 1. The molecule has 0 aromatic heterocycles. The highest BCUT2D eigenvalue weighted by atomic mass is 32.2. The molecule has 2 amide bonds. The second-order valence-electron chi connectivity index (χ2n) is 8.24. The van der Waals surface area contributed by atoms with Crippen LogP contribution in [0.3, 0.4) is 0 Å². The molecule has 0 unspecified atom stereocenters. The van der Waals surface area contributed by atoms with Crippen molar-refractivity contribution in [3.63, 3.8) is 0 Å². The van der Waals surface area contributed by atoms with Crippen molar-refractivity contribution in [2.45, 2.75) is 69.4 Å². The lowest BCUT2D eigenvalue weighted by Crippen LogP contribution is -2.46. The Balaban J connectivity index is 1.61. The SMILES string of the molecule is CC(=O)NC1CCN(S(=O)(=O)c2ccc(C(=O)N[C@H]3CCCC[C@H]3C)cc2)CC1. The molecule has 1 aromatic rings. The summed E-state index contributed by atoms with van der Waals surface area (Å²) >= 11 is 0. The first-order valence-corrected chi connectivity index (χ1v) is 11.9. The molecule has 29 heavy (non-hydrogen) atoms. The molecule has 0 bridgehead atoms. The zero-order chi connectivity index (χ0) is 21.0. The van der Waals surface area contributed by atoms with E-state index < -0.39 is 10.0 Å². The van der Waals surface area contributed by atoms with Gasteiger partial charge in [-0.2, -0.15) is 4.31 Å². The van der Waals surface area contributed by atoms with Gasteiger partial charge in [0.15, 0.2) is 0 Å². The van der Waals surface area contributed by atoms with Crippen molar-refractivity contribution in [2.24, 2.45) is 5.92 Å². The fourth-order valence-corrected chi connectivity index (χ4v) is 5.71. The van der Waals surface area contributed by atoms with Gasteiger partial charge in [0.1, 0.15) is 0 Å². The molecule has 3 rings (SSSR count). The molecule has 0 spiro atoms. The van der Waals surface area contributed by atoms with Crippen molar-refractivity contribution in [1.29, 1.82) is 0 Å². The summed E-state index contributed by atoms with van der Waals surface area (Å²) in [4.78, 5) is 23.9. The Morgan fingerprint density at radius 2 is 1.59 bits per heavy atom. The quantitative estimate of drug-likeness (QED) is 0.762. The summed E-state index contributed by atoms with van der Waals surface area (Å²) < 4.78 is 27.2. The highest BCUT2D eigenvalue weighted by Crippen LogP contribution is 2.25. The average molecular weight is 422 g/mol. The van der Waals surface area contributed by atoms with Crippen molar-refractivity contribution < 1.29 is 18.0 Å². The second-order valence-corrected chi connectivity index (χ2v) is 10.2. The van der Waals surface area contributed by atoms with Crippen molar-refractivity contribution >= 4 is 21.8 Å². The van der Waals surface area contributed by atoms with Crippen LogP contribution in [0.1, 0.15) is 62.7 Å². The molecular weight excluding hydrogens is 390 g/mol. The molecule has 7 nitrogen and oxygen atoms in total. The van der Waals surface area contributed by atoms with E-state index in [9.17, 15) is 18.0 Å². The van der Waals surface area contributed by atoms with Crippen LogP contribution < -0.4 is 10.6 Å². The number of hydrogen-bond acceptors (Lipinski definition) is 4. The lowest BCUT2D eigenvalue weighted by atomic mass is 9.86. The summed E-state index contributed by atoms with van der Waals surface area (Å²) in [5.41, 5.74) is 0.478. The van der Waals surface area contributed by atoms with Crippen molar-refractivity contribution in [3.05, 3.63) is 29.8 Å². The molecule has 2 N–H and O–H groups in total. The summed E-state index contributed by atoms with van der Waals surface area (Å²) in [5, 5.41) is 5.94. The minimum absolute atomic E-state index is 0.0206. The third-order valence-electron chi connectivity index (χ3n) is 6.04. The Morgan fingerprint density at radius 1 is 0.966 bits per heavy atom. The van der Waals surface area contributed by atoms with Crippen LogP contribution in [0.15, 0.2) is 29.2 Å². The molecule has 160 valence electrons. The van der Waals surface area contributed by atoms with Crippen molar-refractivity contribution in [1.82, 2.24) is 14.9 Å². The summed E-state index contributed by atoms with van der Waals surface area (Å²) in [7, 11) is -3.60. The summed E-state index contributed by atoms with van der Waals surface area (Å²) in [6.45, 7) is 4.37. The van der Waals surface area contributed by atoms with Gasteiger partial charge >= 0.3 is 0 Å².